The molecular formula is C36H34O7. The summed E-state index contributed by atoms with van der Waals surface area (Å²) >= 11 is 0. The van der Waals surface area contributed by atoms with Crippen molar-refractivity contribution in [3.63, 3.8) is 0 Å². The number of methoxy groups -OCH3 is 2. The van der Waals surface area contributed by atoms with Gasteiger partial charge in [-0.25, -0.2) is 0 Å². The van der Waals surface area contributed by atoms with Crippen molar-refractivity contribution in [1.29, 1.82) is 0 Å². The Labute approximate surface area is 250 Å². The van der Waals surface area contributed by atoms with Gasteiger partial charge in [-0.05, 0) is 35.6 Å². The van der Waals surface area contributed by atoms with Crippen molar-refractivity contribution in [2.24, 2.45) is 5.41 Å². The Morgan fingerprint density at radius 3 is 1.93 bits per heavy atom. The Balaban J connectivity index is 1.90. The minimum Gasteiger partial charge on any atom is -0.468 e. The maximum absolute atomic E-state index is 13.5. The summed E-state index contributed by atoms with van der Waals surface area (Å²) in [5, 5.41) is 12.0. The molecule has 5 rings (SSSR count). The summed E-state index contributed by atoms with van der Waals surface area (Å²) in [7, 11) is 2.48. The maximum atomic E-state index is 13.5. The van der Waals surface area contributed by atoms with Crippen LogP contribution in [0.5, 0.6) is 0 Å². The van der Waals surface area contributed by atoms with E-state index >= 15 is 0 Å². The molecule has 1 aromatic heterocycles. The first-order valence-electron chi connectivity index (χ1n) is 14.2. The van der Waals surface area contributed by atoms with Gasteiger partial charge in [-0.3, -0.25) is 9.59 Å². The second kappa shape index (κ2) is 12.6. The number of furan rings is 1. The lowest BCUT2D eigenvalue weighted by Gasteiger charge is -2.34. The van der Waals surface area contributed by atoms with Crippen molar-refractivity contribution in [1.82, 2.24) is 0 Å². The Morgan fingerprint density at radius 1 is 0.814 bits per heavy atom. The zero-order chi connectivity index (χ0) is 30.6. The molecule has 7 heteroatoms. The fourth-order valence-corrected chi connectivity index (χ4v) is 5.97. The van der Waals surface area contributed by atoms with Crippen LogP contribution in [0.3, 0.4) is 0 Å². The van der Waals surface area contributed by atoms with Crippen LogP contribution in [-0.4, -0.2) is 37.0 Å². The van der Waals surface area contributed by atoms with Crippen molar-refractivity contribution < 1.29 is 33.4 Å². The number of aliphatic hydroxyl groups is 1. The van der Waals surface area contributed by atoms with Gasteiger partial charge >= 0.3 is 11.9 Å². The molecule has 1 heterocycles. The number of fused-ring (bicyclic) bond motifs is 1. The molecule has 7 nitrogen and oxygen atoms in total. The van der Waals surface area contributed by atoms with Crippen LogP contribution in [0.1, 0.15) is 60.3 Å². The van der Waals surface area contributed by atoms with Gasteiger partial charge in [0.25, 0.3) is 0 Å². The number of rotatable bonds is 9. The number of benzene rings is 3. The number of allylic oxidation sites excluding steroid dienone is 2. The lowest BCUT2D eigenvalue weighted by molar-refractivity contribution is -0.169. The molecule has 0 radical (unpaired) electrons. The average Bonchev–Trinajstić information content (AvgIpc) is 3.44. The average molecular weight is 579 g/mol. The van der Waals surface area contributed by atoms with Crippen LogP contribution in [0.2, 0.25) is 0 Å². The molecule has 1 N–H and O–H groups in total. The predicted octanol–water partition coefficient (Wildman–Crippen LogP) is 6.59. The van der Waals surface area contributed by atoms with Gasteiger partial charge in [0.15, 0.2) is 5.41 Å². The fourth-order valence-electron chi connectivity index (χ4n) is 5.97. The van der Waals surface area contributed by atoms with Gasteiger partial charge in [-0.1, -0.05) is 91.0 Å². The van der Waals surface area contributed by atoms with Crippen LogP contribution in [0.15, 0.2) is 95.4 Å². The first-order valence-corrected chi connectivity index (χ1v) is 14.2. The molecular weight excluding hydrogens is 544 g/mol. The molecule has 0 unspecified atom stereocenters. The molecule has 4 aromatic rings. The van der Waals surface area contributed by atoms with Crippen molar-refractivity contribution in [3.8, 4) is 11.3 Å². The Morgan fingerprint density at radius 2 is 1.37 bits per heavy atom. The van der Waals surface area contributed by atoms with Gasteiger partial charge in [0.05, 0.1) is 14.2 Å². The molecule has 0 amide bonds. The molecule has 0 fully saturated rings. The summed E-state index contributed by atoms with van der Waals surface area (Å²) in [5.41, 5.74) is 3.04. The van der Waals surface area contributed by atoms with Gasteiger partial charge in [-0.15, -0.1) is 0 Å². The van der Waals surface area contributed by atoms with Crippen molar-refractivity contribution >= 4 is 28.9 Å². The number of ketones is 1. The molecule has 0 saturated carbocycles. The smallest absolute Gasteiger partial charge is 0.324 e. The van der Waals surface area contributed by atoms with Crippen LogP contribution >= 0.6 is 0 Å². The molecule has 0 spiro atoms. The van der Waals surface area contributed by atoms with Crippen LogP contribution in [0.4, 0.5) is 0 Å². The number of hydrogen-bond acceptors (Lipinski definition) is 7. The molecule has 0 bridgehead atoms. The fraction of sp³-hybridized carbons (Fsp3) is 0.250. The standard InChI is InChI=1S/C36H34O7/c1-23(37)19-20-27(24-13-7-4-8-14-24)28-21-36(34(39)41-2,35(40)42-3)22-29-30(28)31(32(38)25-15-9-5-10-16-25)33(43-29)26-17-11-6-12-18-26/h4-18,32,38H,19-22H2,1-3H3/b28-27+/t32-/m1/s1. The molecule has 220 valence electrons. The second-order valence-corrected chi connectivity index (χ2v) is 10.8. The van der Waals surface area contributed by atoms with Crippen molar-refractivity contribution in [2.45, 2.75) is 38.7 Å². The van der Waals surface area contributed by atoms with Gasteiger partial charge in [0.2, 0.25) is 0 Å². The number of Topliss-reactive ketones (excluding diaryl/α,β-unsaturated/α-hetero) is 1. The molecule has 3 aromatic carbocycles. The first kappa shape index (κ1) is 29.7. The zero-order valence-corrected chi connectivity index (χ0v) is 24.5. The summed E-state index contributed by atoms with van der Waals surface area (Å²) in [4.78, 5) is 39.3. The molecule has 1 aliphatic rings. The van der Waals surface area contributed by atoms with E-state index in [1.165, 1.54) is 21.1 Å². The molecule has 1 atom stereocenters. The summed E-state index contributed by atoms with van der Waals surface area (Å²) < 4.78 is 17.0. The quantitative estimate of drug-likeness (QED) is 0.177. The van der Waals surface area contributed by atoms with E-state index in [0.29, 0.717) is 40.2 Å². The highest BCUT2D eigenvalue weighted by atomic mass is 16.5. The number of carbonyl (C=O) groups excluding carboxylic acids is 3. The highest BCUT2D eigenvalue weighted by molar-refractivity contribution is 6.06. The number of carbonyl (C=O) groups is 3. The summed E-state index contributed by atoms with van der Waals surface area (Å²) in [6.07, 6.45) is -0.691. The number of esters is 2. The Kier molecular flexibility index (Phi) is 8.73. The normalized spacial score (nSPS) is 15.6. The van der Waals surface area contributed by atoms with Crippen molar-refractivity contribution in [2.75, 3.05) is 14.2 Å². The molecule has 43 heavy (non-hydrogen) atoms. The van der Waals surface area contributed by atoms with Gasteiger partial charge in [-0.2, -0.15) is 0 Å². The van der Waals surface area contributed by atoms with E-state index in [2.05, 4.69) is 0 Å². The molecule has 0 aliphatic heterocycles. The van der Waals surface area contributed by atoms with E-state index in [1.54, 1.807) is 0 Å². The lowest BCUT2D eigenvalue weighted by Crippen LogP contribution is -2.45. The van der Waals surface area contributed by atoms with Crippen LogP contribution in [0, 0.1) is 5.41 Å². The number of hydrogen-bond donors (Lipinski definition) is 1. The van der Waals surface area contributed by atoms with E-state index in [0.717, 1.165) is 16.7 Å². The highest BCUT2D eigenvalue weighted by Gasteiger charge is 2.54. The SMILES string of the molecule is COC(=O)C1(C(=O)OC)C/C(=C(/CCC(C)=O)c2ccccc2)c2c(oc(-c3ccccc3)c2[C@H](O)c2ccccc2)C1. The monoisotopic (exact) mass is 578 g/mol. The lowest BCUT2D eigenvalue weighted by atomic mass is 9.68. The number of ether oxygens (including phenoxy) is 2. The minimum absolute atomic E-state index is 0.000949. The third-order valence-corrected chi connectivity index (χ3v) is 8.05. The van der Waals surface area contributed by atoms with E-state index in [9.17, 15) is 19.5 Å². The first-order chi connectivity index (χ1) is 20.8. The Hall–Kier alpha value is -4.75. The second-order valence-electron chi connectivity index (χ2n) is 10.8. The third kappa shape index (κ3) is 5.68. The molecule has 0 saturated heterocycles. The third-order valence-electron chi connectivity index (χ3n) is 8.05. The van der Waals surface area contributed by atoms with Gasteiger partial charge in [0.1, 0.15) is 23.4 Å². The van der Waals surface area contributed by atoms with E-state index in [-0.39, 0.29) is 25.0 Å². The molecule has 1 aliphatic carbocycles. The minimum atomic E-state index is -1.73. The summed E-state index contributed by atoms with van der Waals surface area (Å²) in [5.74, 6) is -0.700. The summed E-state index contributed by atoms with van der Waals surface area (Å²) in [6, 6.07) is 28.2. The predicted molar refractivity (Wildman–Crippen MR) is 163 cm³/mol. The van der Waals surface area contributed by atoms with Crippen LogP contribution in [-0.2, 0) is 30.3 Å². The van der Waals surface area contributed by atoms with Crippen LogP contribution < -0.4 is 0 Å². The van der Waals surface area contributed by atoms with Gasteiger partial charge in [0, 0.05) is 36.0 Å². The van der Waals surface area contributed by atoms with E-state index in [4.69, 9.17) is 13.9 Å². The largest absolute Gasteiger partial charge is 0.468 e. The summed E-state index contributed by atoms with van der Waals surface area (Å²) in [6.45, 7) is 1.53. The Bertz CT molecular complexity index is 1630. The number of aliphatic hydroxyl groups excluding tert-OH is 1. The highest BCUT2D eigenvalue weighted by Crippen LogP contribution is 2.53. The van der Waals surface area contributed by atoms with Gasteiger partial charge < -0.3 is 23.8 Å². The topological polar surface area (TPSA) is 103 Å². The van der Waals surface area contributed by atoms with Crippen LogP contribution in [0.25, 0.3) is 22.5 Å². The zero-order valence-electron chi connectivity index (χ0n) is 24.5. The van der Waals surface area contributed by atoms with Crippen molar-refractivity contribution in [3.05, 3.63) is 119 Å². The maximum Gasteiger partial charge on any atom is 0.324 e. The van der Waals surface area contributed by atoms with E-state index in [1.807, 2.05) is 91.0 Å². The van der Waals surface area contributed by atoms with E-state index < -0.39 is 23.5 Å².